The molecular formula is C14H29ClO2. The van der Waals surface area contributed by atoms with E-state index in [1.807, 2.05) is 20.8 Å². The lowest BCUT2D eigenvalue weighted by Crippen LogP contribution is -2.17. The first-order valence-corrected chi connectivity index (χ1v) is 6.61. The minimum absolute atomic E-state index is 0. The summed E-state index contributed by atoms with van der Waals surface area (Å²) in [6.07, 6.45) is 10.4. The molecule has 0 spiro atoms. The zero-order chi connectivity index (χ0) is 12.4. The summed E-state index contributed by atoms with van der Waals surface area (Å²) in [5, 5.41) is 0. The molecule has 0 aromatic carbocycles. The quantitative estimate of drug-likeness (QED) is 0.688. The Morgan fingerprint density at radius 3 is 2.00 bits per heavy atom. The van der Waals surface area contributed by atoms with Crippen LogP contribution in [0.25, 0.3) is 0 Å². The van der Waals surface area contributed by atoms with E-state index < -0.39 is 0 Å². The van der Waals surface area contributed by atoms with Gasteiger partial charge in [0.25, 0.3) is 6.47 Å². The van der Waals surface area contributed by atoms with Crippen molar-refractivity contribution in [1.82, 2.24) is 0 Å². The minimum atomic E-state index is -0.318. The Morgan fingerprint density at radius 1 is 1.18 bits per heavy atom. The maximum absolute atomic E-state index is 9.60. The fourth-order valence-electron chi connectivity index (χ4n) is 2.03. The topological polar surface area (TPSA) is 26.3 Å². The van der Waals surface area contributed by atoms with Crippen LogP contribution in [0.5, 0.6) is 0 Å². The van der Waals surface area contributed by atoms with Crippen molar-refractivity contribution in [2.24, 2.45) is 5.92 Å². The lowest BCUT2D eigenvalue weighted by atomic mass is 9.86. The van der Waals surface area contributed by atoms with Crippen molar-refractivity contribution in [3.05, 3.63) is 0 Å². The highest BCUT2D eigenvalue weighted by atomic mass is 35.5. The van der Waals surface area contributed by atoms with Gasteiger partial charge in [-0.15, -0.1) is 12.4 Å². The number of rotatable bonds is 3. The van der Waals surface area contributed by atoms with Crippen LogP contribution < -0.4 is 0 Å². The van der Waals surface area contributed by atoms with Crippen LogP contribution in [0.2, 0.25) is 0 Å². The molecule has 0 saturated heterocycles. The van der Waals surface area contributed by atoms with Gasteiger partial charge in [0, 0.05) is 0 Å². The summed E-state index contributed by atoms with van der Waals surface area (Å²) >= 11 is 0. The zero-order valence-corrected chi connectivity index (χ0v) is 12.6. The Morgan fingerprint density at radius 2 is 1.71 bits per heavy atom. The Hall–Kier alpha value is -0.240. The van der Waals surface area contributed by atoms with Crippen LogP contribution >= 0.6 is 12.4 Å². The molecule has 0 unspecified atom stereocenters. The summed E-state index contributed by atoms with van der Waals surface area (Å²) < 4.78 is 4.55. The lowest BCUT2D eigenvalue weighted by molar-refractivity contribution is -0.138. The van der Waals surface area contributed by atoms with E-state index in [4.69, 9.17) is 0 Å². The molecule has 1 fully saturated rings. The molecule has 0 N–H and O–H groups in total. The summed E-state index contributed by atoms with van der Waals surface area (Å²) in [5.74, 6) is 1.10. The second-order valence-electron chi connectivity index (χ2n) is 5.62. The molecule has 0 aromatic rings. The van der Waals surface area contributed by atoms with Gasteiger partial charge in [-0.3, -0.25) is 4.79 Å². The Labute approximate surface area is 113 Å². The first kappa shape index (κ1) is 19.1. The van der Waals surface area contributed by atoms with Crippen LogP contribution in [0.3, 0.4) is 0 Å². The number of carbonyl (C=O) groups excluding carboxylic acids is 1. The molecule has 2 nitrogen and oxygen atoms in total. The molecule has 0 amide bonds. The highest BCUT2D eigenvalue weighted by Gasteiger charge is 2.11. The van der Waals surface area contributed by atoms with Crippen molar-refractivity contribution in [2.75, 3.05) is 0 Å². The third-order valence-electron chi connectivity index (χ3n) is 2.82. The van der Waals surface area contributed by atoms with Gasteiger partial charge in [-0.05, 0) is 26.7 Å². The zero-order valence-electron chi connectivity index (χ0n) is 11.8. The first-order chi connectivity index (χ1) is 7.49. The molecule has 1 aliphatic carbocycles. The van der Waals surface area contributed by atoms with E-state index in [-0.39, 0.29) is 18.0 Å². The van der Waals surface area contributed by atoms with Crippen LogP contribution in [-0.4, -0.2) is 12.1 Å². The minimum Gasteiger partial charge on any atom is -0.462 e. The lowest BCUT2D eigenvalue weighted by Gasteiger charge is -2.20. The van der Waals surface area contributed by atoms with Crippen molar-refractivity contribution in [3.63, 3.8) is 0 Å². The highest BCUT2D eigenvalue weighted by molar-refractivity contribution is 5.85. The van der Waals surface area contributed by atoms with E-state index in [2.05, 4.69) is 11.7 Å². The van der Waals surface area contributed by atoms with Gasteiger partial charge in [-0.2, -0.15) is 0 Å². The van der Waals surface area contributed by atoms with E-state index >= 15 is 0 Å². The number of halogens is 1. The van der Waals surface area contributed by atoms with Gasteiger partial charge < -0.3 is 4.74 Å². The third-order valence-corrected chi connectivity index (χ3v) is 2.82. The monoisotopic (exact) mass is 264 g/mol. The third kappa shape index (κ3) is 13.7. The van der Waals surface area contributed by atoms with E-state index in [0.29, 0.717) is 6.47 Å². The van der Waals surface area contributed by atoms with Crippen molar-refractivity contribution in [2.45, 2.75) is 78.2 Å². The maximum Gasteiger partial charge on any atom is 0.293 e. The molecule has 0 atom stereocenters. The van der Waals surface area contributed by atoms with Gasteiger partial charge >= 0.3 is 0 Å². The predicted octanol–water partition coefficient (Wildman–Crippen LogP) is 4.75. The number of carbonyl (C=O) groups is 1. The second kappa shape index (κ2) is 10.9. The standard InChI is InChI=1S/C9H18.C5H10O2.ClH/c1-2-6-9-7-4-3-5-8-9;1-5(2,3)7-4-6;/h9H,2-8H2,1H3;4H,1-3H3;1H. The van der Waals surface area contributed by atoms with Crippen molar-refractivity contribution in [1.29, 1.82) is 0 Å². The van der Waals surface area contributed by atoms with Gasteiger partial charge in [0.2, 0.25) is 0 Å². The molecule has 0 radical (unpaired) electrons. The molecule has 1 rings (SSSR count). The van der Waals surface area contributed by atoms with Crippen molar-refractivity contribution >= 4 is 18.9 Å². The molecular weight excluding hydrogens is 236 g/mol. The fraction of sp³-hybridized carbons (Fsp3) is 0.929. The largest absolute Gasteiger partial charge is 0.462 e. The van der Waals surface area contributed by atoms with Crippen LogP contribution in [0, 0.1) is 5.92 Å². The molecule has 1 aliphatic rings. The second-order valence-corrected chi connectivity index (χ2v) is 5.62. The molecule has 3 heteroatoms. The normalized spacial score (nSPS) is 16.2. The molecule has 0 heterocycles. The van der Waals surface area contributed by atoms with Gasteiger partial charge in [-0.25, -0.2) is 0 Å². The van der Waals surface area contributed by atoms with Crippen LogP contribution in [0.4, 0.5) is 0 Å². The van der Waals surface area contributed by atoms with Crippen LogP contribution in [-0.2, 0) is 9.53 Å². The summed E-state index contributed by atoms with van der Waals surface area (Å²) in [6.45, 7) is 8.22. The molecule has 0 aromatic heterocycles. The van der Waals surface area contributed by atoms with Gasteiger partial charge in [0.05, 0.1) is 0 Å². The fourth-order valence-corrected chi connectivity index (χ4v) is 2.03. The Balaban J connectivity index is 0. The van der Waals surface area contributed by atoms with Gasteiger partial charge in [0.1, 0.15) is 5.60 Å². The molecule has 0 bridgehead atoms. The first-order valence-electron chi connectivity index (χ1n) is 6.61. The van der Waals surface area contributed by atoms with Crippen molar-refractivity contribution in [3.8, 4) is 0 Å². The van der Waals surface area contributed by atoms with Gasteiger partial charge in [0.15, 0.2) is 0 Å². The van der Waals surface area contributed by atoms with E-state index in [9.17, 15) is 4.79 Å². The summed E-state index contributed by atoms with van der Waals surface area (Å²) in [5.41, 5.74) is -0.318. The summed E-state index contributed by atoms with van der Waals surface area (Å²) in [7, 11) is 0. The number of ether oxygens (including phenoxy) is 1. The maximum atomic E-state index is 9.60. The molecule has 0 aliphatic heterocycles. The smallest absolute Gasteiger partial charge is 0.293 e. The Kier molecular flexibility index (Phi) is 12.2. The highest BCUT2D eigenvalue weighted by Crippen LogP contribution is 2.26. The molecule has 1 saturated carbocycles. The molecule has 17 heavy (non-hydrogen) atoms. The van der Waals surface area contributed by atoms with E-state index in [1.54, 1.807) is 0 Å². The number of hydrogen-bond acceptors (Lipinski definition) is 2. The number of hydrogen-bond donors (Lipinski definition) is 0. The summed E-state index contributed by atoms with van der Waals surface area (Å²) in [6, 6.07) is 0. The van der Waals surface area contributed by atoms with Gasteiger partial charge in [-0.1, -0.05) is 51.9 Å². The average Bonchev–Trinajstić information content (AvgIpc) is 2.19. The molecule has 104 valence electrons. The average molecular weight is 265 g/mol. The predicted molar refractivity (Wildman–Crippen MR) is 75.6 cm³/mol. The van der Waals surface area contributed by atoms with E-state index in [0.717, 1.165) is 5.92 Å². The SMILES string of the molecule is CC(C)(C)OC=O.CCCC1CCCCC1.Cl. The van der Waals surface area contributed by atoms with Crippen LogP contribution in [0.15, 0.2) is 0 Å². The van der Waals surface area contributed by atoms with E-state index in [1.165, 1.54) is 44.9 Å². The summed E-state index contributed by atoms with van der Waals surface area (Å²) in [4.78, 5) is 9.60. The van der Waals surface area contributed by atoms with Crippen LogP contribution in [0.1, 0.15) is 72.6 Å². The Bertz CT molecular complexity index is 167. The van der Waals surface area contributed by atoms with Crippen molar-refractivity contribution < 1.29 is 9.53 Å².